The zero-order valence-electron chi connectivity index (χ0n) is 15.7. The van der Waals surface area contributed by atoms with Gasteiger partial charge in [0.05, 0.1) is 16.5 Å². The number of nitrogens with zero attached hydrogens (tertiary/aromatic N) is 1. The van der Waals surface area contributed by atoms with Crippen molar-refractivity contribution in [1.29, 1.82) is 0 Å². The summed E-state index contributed by atoms with van der Waals surface area (Å²) >= 11 is 0. The summed E-state index contributed by atoms with van der Waals surface area (Å²) in [5.74, 6) is -0.449. The molecule has 3 amide bonds. The third kappa shape index (κ3) is 3.85. The van der Waals surface area contributed by atoms with Gasteiger partial charge < -0.3 is 16.0 Å². The molecule has 0 aromatic heterocycles. The number of nitro benzene ring substituents is 1. The van der Waals surface area contributed by atoms with Gasteiger partial charge in [0.25, 0.3) is 11.6 Å². The number of benzene rings is 2. The number of amides is 3. The smallest absolute Gasteiger partial charge is 0.319 e. The minimum absolute atomic E-state index is 0.121. The first kappa shape index (κ1) is 19.1. The van der Waals surface area contributed by atoms with Crippen molar-refractivity contribution in [3.8, 4) is 0 Å². The summed E-state index contributed by atoms with van der Waals surface area (Å²) in [6.07, 6.45) is 0. The van der Waals surface area contributed by atoms with E-state index in [0.29, 0.717) is 17.0 Å². The molecule has 8 heteroatoms. The summed E-state index contributed by atoms with van der Waals surface area (Å²) < 4.78 is 0. The molecule has 8 nitrogen and oxygen atoms in total. The maximum atomic E-state index is 13.0. The summed E-state index contributed by atoms with van der Waals surface area (Å²) in [5, 5.41) is 19.1. The molecule has 0 bridgehead atoms. The summed E-state index contributed by atoms with van der Waals surface area (Å²) in [7, 11) is 0. The van der Waals surface area contributed by atoms with E-state index in [4.69, 9.17) is 0 Å². The molecule has 0 unspecified atom stereocenters. The van der Waals surface area contributed by atoms with Crippen LogP contribution in [0.4, 0.5) is 16.2 Å². The molecule has 1 aliphatic rings. The van der Waals surface area contributed by atoms with E-state index >= 15 is 0 Å². The lowest BCUT2D eigenvalue weighted by molar-refractivity contribution is -0.384. The molecule has 28 heavy (non-hydrogen) atoms. The predicted molar refractivity (Wildman–Crippen MR) is 105 cm³/mol. The molecule has 1 atom stereocenters. The van der Waals surface area contributed by atoms with Crippen LogP contribution in [0, 0.1) is 24.0 Å². The first-order valence-corrected chi connectivity index (χ1v) is 8.67. The zero-order chi connectivity index (χ0) is 20.4. The Bertz CT molecular complexity index is 1010. The second kappa shape index (κ2) is 7.51. The van der Waals surface area contributed by atoms with Gasteiger partial charge in [-0.1, -0.05) is 29.8 Å². The number of carbonyl (C=O) groups excluding carboxylic acids is 2. The van der Waals surface area contributed by atoms with Crippen LogP contribution in [-0.4, -0.2) is 16.9 Å². The number of anilines is 1. The molecule has 1 aliphatic heterocycles. The van der Waals surface area contributed by atoms with Crippen LogP contribution in [0.25, 0.3) is 0 Å². The molecule has 144 valence electrons. The minimum Gasteiger partial charge on any atom is -0.327 e. The number of hydrogen-bond acceptors (Lipinski definition) is 4. The number of nitro groups is 1. The van der Waals surface area contributed by atoms with Crippen LogP contribution in [-0.2, 0) is 4.79 Å². The van der Waals surface area contributed by atoms with E-state index in [2.05, 4.69) is 16.0 Å². The first-order valence-electron chi connectivity index (χ1n) is 8.67. The van der Waals surface area contributed by atoms with Crippen molar-refractivity contribution in [1.82, 2.24) is 10.6 Å². The lowest BCUT2D eigenvalue weighted by Gasteiger charge is -2.29. The number of nitrogens with one attached hydrogen (secondary N) is 3. The molecule has 3 rings (SSSR count). The van der Waals surface area contributed by atoms with Crippen LogP contribution in [0.15, 0.2) is 53.7 Å². The second-order valence-corrected chi connectivity index (χ2v) is 6.69. The summed E-state index contributed by atoms with van der Waals surface area (Å²) in [4.78, 5) is 35.4. The molecule has 2 aromatic rings. The Kier molecular flexibility index (Phi) is 5.12. The topological polar surface area (TPSA) is 113 Å². The van der Waals surface area contributed by atoms with Crippen molar-refractivity contribution in [3.63, 3.8) is 0 Å². The molecule has 3 N–H and O–H groups in total. The Morgan fingerprint density at radius 1 is 1.14 bits per heavy atom. The third-order valence-corrected chi connectivity index (χ3v) is 4.56. The molecule has 0 saturated heterocycles. The van der Waals surface area contributed by atoms with E-state index in [9.17, 15) is 19.7 Å². The zero-order valence-corrected chi connectivity index (χ0v) is 15.7. The van der Waals surface area contributed by atoms with Crippen LogP contribution < -0.4 is 16.0 Å². The fraction of sp³-hybridized carbons (Fsp3) is 0.200. The van der Waals surface area contributed by atoms with Crippen molar-refractivity contribution in [2.75, 3.05) is 5.32 Å². The highest BCUT2D eigenvalue weighted by Gasteiger charge is 2.32. The predicted octanol–water partition coefficient (Wildman–Crippen LogP) is 3.48. The maximum Gasteiger partial charge on any atom is 0.319 e. The summed E-state index contributed by atoms with van der Waals surface area (Å²) in [6.45, 7) is 5.54. The third-order valence-electron chi connectivity index (χ3n) is 4.56. The minimum atomic E-state index is -0.631. The van der Waals surface area contributed by atoms with Gasteiger partial charge in [-0.05, 0) is 38.0 Å². The van der Waals surface area contributed by atoms with E-state index in [1.54, 1.807) is 13.0 Å². The highest BCUT2D eigenvalue weighted by molar-refractivity contribution is 6.07. The van der Waals surface area contributed by atoms with E-state index in [1.165, 1.54) is 18.2 Å². The van der Waals surface area contributed by atoms with Crippen LogP contribution in [0.3, 0.4) is 0 Å². The average Bonchev–Trinajstić information content (AvgIpc) is 2.61. The van der Waals surface area contributed by atoms with Crippen LogP contribution in [0.5, 0.6) is 0 Å². The highest BCUT2D eigenvalue weighted by atomic mass is 16.6. The monoisotopic (exact) mass is 380 g/mol. The molecule has 0 fully saturated rings. The quantitative estimate of drug-likeness (QED) is 0.556. The van der Waals surface area contributed by atoms with Crippen molar-refractivity contribution >= 4 is 23.3 Å². The van der Waals surface area contributed by atoms with Gasteiger partial charge in [-0.2, -0.15) is 0 Å². The molecule has 1 heterocycles. The van der Waals surface area contributed by atoms with Crippen molar-refractivity contribution in [2.45, 2.75) is 26.8 Å². The fourth-order valence-corrected chi connectivity index (χ4v) is 3.27. The molecule has 0 aliphatic carbocycles. The lowest BCUT2D eigenvalue weighted by Crippen LogP contribution is -2.46. The van der Waals surface area contributed by atoms with Gasteiger partial charge >= 0.3 is 6.03 Å². The van der Waals surface area contributed by atoms with E-state index < -0.39 is 22.9 Å². The Hall–Kier alpha value is -3.68. The number of allylic oxidation sites excluding steroid dienone is 1. The Balaban J connectivity index is 1.97. The standard InChI is InChI=1S/C20H20N4O4/c1-11-7-8-16(12(2)9-11)18-17(13(3)21-20(26)23-18)19(25)22-14-5-4-6-15(10-14)24(27)28/h4-10,18H,1-3H3,(H,22,25)(H2,21,23,26)/t18-/m0/s1. The Labute approximate surface area is 161 Å². The second-order valence-electron chi connectivity index (χ2n) is 6.69. The molecular weight excluding hydrogens is 360 g/mol. The number of rotatable bonds is 4. The van der Waals surface area contributed by atoms with Crippen molar-refractivity contribution in [2.24, 2.45) is 0 Å². The number of non-ortho nitro benzene ring substituents is 1. The van der Waals surface area contributed by atoms with Gasteiger partial charge in [0.15, 0.2) is 0 Å². The lowest BCUT2D eigenvalue weighted by atomic mass is 9.91. The van der Waals surface area contributed by atoms with Crippen LogP contribution >= 0.6 is 0 Å². The van der Waals surface area contributed by atoms with Crippen molar-refractivity contribution < 1.29 is 14.5 Å². The number of carbonyl (C=O) groups is 2. The molecular formula is C20H20N4O4. The molecule has 0 saturated carbocycles. The number of aryl methyl sites for hydroxylation is 2. The fourth-order valence-electron chi connectivity index (χ4n) is 3.27. The van der Waals surface area contributed by atoms with Gasteiger partial charge in [0, 0.05) is 23.5 Å². The van der Waals surface area contributed by atoms with Gasteiger partial charge in [0.2, 0.25) is 0 Å². The van der Waals surface area contributed by atoms with Gasteiger partial charge in [-0.25, -0.2) is 4.79 Å². The first-order chi connectivity index (χ1) is 13.3. The average molecular weight is 380 g/mol. The number of hydrogen-bond donors (Lipinski definition) is 3. The normalized spacial score (nSPS) is 16.2. The molecule has 0 spiro atoms. The van der Waals surface area contributed by atoms with E-state index in [0.717, 1.165) is 16.7 Å². The number of urea groups is 1. The van der Waals surface area contributed by atoms with Gasteiger partial charge in [-0.15, -0.1) is 0 Å². The van der Waals surface area contributed by atoms with Crippen molar-refractivity contribution in [3.05, 3.63) is 80.5 Å². The van der Waals surface area contributed by atoms with Gasteiger partial charge in [0.1, 0.15) is 0 Å². The molecule has 2 aromatic carbocycles. The van der Waals surface area contributed by atoms with E-state index in [1.807, 2.05) is 32.0 Å². The Morgan fingerprint density at radius 3 is 2.57 bits per heavy atom. The maximum absolute atomic E-state index is 13.0. The molecule has 0 radical (unpaired) electrons. The largest absolute Gasteiger partial charge is 0.327 e. The summed E-state index contributed by atoms with van der Waals surface area (Å²) in [5.41, 5.74) is 3.78. The Morgan fingerprint density at radius 2 is 1.89 bits per heavy atom. The van der Waals surface area contributed by atoms with E-state index in [-0.39, 0.29) is 5.69 Å². The SMILES string of the molecule is CC1=C(C(=O)Nc2cccc([N+](=O)[O-])c2)[C@H](c2ccc(C)cc2C)NC(=O)N1. The van der Waals surface area contributed by atoms with Gasteiger partial charge in [-0.3, -0.25) is 14.9 Å². The van der Waals surface area contributed by atoms with Crippen LogP contribution in [0.2, 0.25) is 0 Å². The summed E-state index contributed by atoms with van der Waals surface area (Å²) in [6, 6.07) is 10.5. The highest BCUT2D eigenvalue weighted by Crippen LogP contribution is 2.30. The van der Waals surface area contributed by atoms with Crippen LogP contribution in [0.1, 0.15) is 29.7 Å².